The van der Waals surface area contributed by atoms with Crippen molar-refractivity contribution in [2.75, 3.05) is 0 Å². The Morgan fingerprint density at radius 1 is 1.15 bits per heavy atom. The molecular weight excluding hydrogens is 342 g/mol. The summed E-state index contributed by atoms with van der Waals surface area (Å²) in [7, 11) is 0. The van der Waals surface area contributed by atoms with E-state index >= 15 is 0 Å². The van der Waals surface area contributed by atoms with Crippen LogP contribution in [0.15, 0.2) is 42.7 Å². The van der Waals surface area contributed by atoms with Gasteiger partial charge in [-0.15, -0.1) is 0 Å². The molecule has 2 aromatic rings. The van der Waals surface area contributed by atoms with Crippen LogP contribution in [-0.4, -0.2) is 22.0 Å². The van der Waals surface area contributed by atoms with E-state index in [9.17, 15) is 18.4 Å². The summed E-state index contributed by atoms with van der Waals surface area (Å²) in [6.07, 6.45) is 3.07. The van der Waals surface area contributed by atoms with Crippen molar-refractivity contribution < 1.29 is 23.5 Å². The minimum absolute atomic E-state index is 0.0219. The highest BCUT2D eigenvalue weighted by Gasteiger charge is 2.31. The molecule has 138 valence electrons. The molecule has 1 heterocycles. The van der Waals surface area contributed by atoms with Crippen LogP contribution in [0.25, 0.3) is 0 Å². The van der Waals surface area contributed by atoms with Crippen molar-refractivity contribution in [1.29, 1.82) is 0 Å². The number of pyridine rings is 1. The number of aliphatic carboxylic acids is 1. The predicted octanol–water partition coefficient (Wildman–Crippen LogP) is 3.19. The summed E-state index contributed by atoms with van der Waals surface area (Å²) in [5.74, 6) is -2.73. The average molecular weight is 362 g/mol. The second-order valence-corrected chi connectivity index (χ2v) is 6.24. The second kappa shape index (κ2) is 8.51. The summed E-state index contributed by atoms with van der Waals surface area (Å²) >= 11 is 0. The normalized spacial score (nSPS) is 13.0. The summed E-state index contributed by atoms with van der Waals surface area (Å²) in [6, 6.07) is 6.90. The maximum atomic E-state index is 13.6. The topological polar surface area (TPSA) is 79.3 Å². The van der Waals surface area contributed by atoms with E-state index in [4.69, 9.17) is 5.11 Å². The second-order valence-electron chi connectivity index (χ2n) is 6.24. The molecule has 1 amide bonds. The Morgan fingerprint density at radius 3 is 2.35 bits per heavy atom. The summed E-state index contributed by atoms with van der Waals surface area (Å²) < 4.78 is 27.2. The first-order valence-electron chi connectivity index (χ1n) is 8.18. The molecule has 0 saturated carbocycles. The first kappa shape index (κ1) is 19.5. The Kier molecular flexibility index (Phi) is 6.38. The SMILES string of the molecule is CC(CC(=O)O)(NC(=O)CCCc1c(F)cccc1F)c1ccncc1. The first-order valence-corrected chi connectivity index (χ1v) is 8.18. The number of nitrogens with one attached hydrogen (secondary N) is 1. The predicted molar refractivity (Wildman–Crippen MR) is 91.3 cm³/mol. The number of rotatable bonds is 8. The van der Waals surface area contributed by atoms with Crippen LogP contribution < -0.4 is 5.32 Å². The number of hydrogen-bond acceptors (Lipinski definition) is 3. The van der Waals surface area contributed by atoms with Crippen molar-refractivity contribution in [2.24, 2.45) is 0 Å². The Hall–Kier alpha value is -2.83. The zero-order valence-electron chi connectivity index (χ0n) is 14.3. The van der Waals surface area contributed by atoms with Gasteiger partial charge in [0.15, 0.2) is 0 Å². The highest BCUT2D eigenvalue weighted by Crippen LogP contribution is 2.24. The number of nitrogens with zero attached hydrogens (tertiary/aromatic N) is 1. The molecule has 0 bridgehead atoms. The maximum Gasteiger partial charge on any atom is 0.306 e. The molecule has 2 N–H and O–H groups in total. The van der Waals surface area contributed by atoms with Crippen molar-refractivity contribution in [3.8, 4) is 0 Å². The maximum absolute atomic E-state index is 13.6. The Balaban J connectivity index is 2.00. The van der Waals surface area contributed by atoms with Crippen LogP contribution >= 0.6 is 0 Å². The first-order chi connectivity index (χ1) is 12.3. The minimum atomic E-state index is -1.10. The third kappa shape index (κ3) is 5.08. The van der Waals surface area contributed by atoms with Gasteiger partial charge in [0.05, 0.1) is 12.0 Å². The van der Waals surface area contributed by atoms with Gasteiger partial charge < -0.3 is 10.4 Å². The fourth-order valence-electron chi connectivity index (χ4n) is 2.81. The number of hydrogen-bond donors (Lipinski definition) is 2. The lowest BCUT2D eigenvalue weighted by Gasteiger charge is -2.30. The quantitative estimate of drug-likeness (QED) is 0.756. The summed E-state index contributed by atoms with van der Waals surface area (Å²) in [4.78, 5) is 27.3. The Morgan fingerprint density at radius 2 is 1.77 bits per heavy atom. The third-order valence-corrected chi connectivity index (χ3v) is 4.13. The zero-order chi connectivity index (χ0) is 19.2. The molecule has 0 radical (unpaired) electrons. The van der Waals surface area contributed by atoms with Crippen molar-refractivity contribution in [3.63, 3.8) is 0 Å². The molecule has 0 spiro atoms. The van der Waals surface area contributed by atoms with Gasteiger partial charge >= 0.3 is 5.97 Å². The van der Waals surface area contributed by atoms with E-state index in [-0.39, 0.29) is 37.2 Å². The van der Waals surface area contributed by atoms with E-state index in [0.29, 0.717) is 5.56 Å². The van der Waals surface area contributed by atoms with Crippen LogP contribution in [0.2, 0.25) is 0 Å². The van der Waals surface area contributed by atoms with E-state index in [0.717, 1.165) is 0 Å². The van der Waals surface area contributed by atoms with Gasteiger partial charge in [-0.25, -0.2) is 8.78 Å². The van der Waals surface area contributed by atoms with Crippen LogP contribution in [-0.2, 0) is 21.5 Å². The summed E-state index contributed by atoms with van der Waals surface area (Å²) in [6.45, 7) is 1.62. The van der Waals surface area contributed by atoms with Gasteiger partial charge in [0.2, 0.25) is 5.91 Å². The molecule has 1 aromatic heterocycles. The number of carbonyl (C=O) groups excluding carboxylic acids is 1. The van der Waals surface area contributed by atoms with E-state index in [1.165, 1.54) is 30.6 Å². The van der Waals surface area contributed by atoms with E-state index in [1.54, 1.807) is 19.1 Å². The molecule has 0 aliphatic carbocycles. The van der Waals surface area contributed by atoms with Crippen LogP contribution in [0, 0.1) is 11.6 Å². The molecule has 0 aliphatic heterocycles. The molecule has 1 atom stereocenters. The number of aromatic nitrogens is 1. The molecule has 0 fully saturated rings. The average Bonchev–Trinajstić information content (AvgIpc) is 2.57. The number of benzene rings is 1. The summed E-state index contributed by atoms with van der Waals surface area (Å²) in [5, 5.41) is 11.9. The van der Waals surface area contributed by atoms with Crippen LogP contribution in [0.1, 0.15) is 37.3 Å². The molecular formula is C19H20F2N2O3. The van der Waals surface area contributed by atoms with Crippen LogP contribution in [0.3, 0.4) is 0 Å². The van der Waals surface area contributed by atoms with Crippen molar-refractivity contribution in [3.05, 3.63) is 65.5 Å². The van der Waals surface area contributed by atoms with Gasteiger partial charge in [0.25, 0.3) is 0 Å². The molecule has 0 saturated heterocycles. The van der Waals surface area contributed by atoms with Gasteiger partial charge in [-0.1, -0.05) is 6.07 Å². The van der Waals surface area contributed by atoms with Gasteiger partial charge in [-0.05, 0) is 49.6 Å². The molecule has 7 heteroatoms. The Bertz CT molecular complexity index is 763. The minimum Gasteiger partial charge on any atom is -0.481 e. The standard InChI is InChI=1S/C19H20F2N2O3/c1-19(12-18(25)26,13-8-10-22-11-9-13)23-17(24)7-2-4-14-15(20)5-3-6-16(14)21/h3,5-6,8-11H,2,4,7,12H2,1H3,(H,23,24)(H,25,26). The number of carbonyl (C=O) groups is 2. The molecule has 1 unspecified atom stereocenters. The van der Waals surface area contributed by atoms with Crippen LogP contribution in [0.5, 0.6) is 0 Å². The van der Waals surface area contributed by atoms with Gasteiger partial charge in [-0.2, -0.15) is 0 Å². The fraction of sp³-hybridized carbons (Fsp3) is 0.316. The molecule has 2 rings (SSSR count). The number of carboxylic acid groups (broad SMARTS) is 1. The monoisotopic (exact) mass is 362 g/mol. The largest absolute Gasteiger partial charge is 0.481 e. The van der Waals surface area contributed by atoms with E-state index in [1.807, 2.05) is 0 Å². The molecule has 1 aromatic carbocycles. The van der Waals surface area contributed by atoms with Crippen molar-refractivity contribution >= 4 is 11.9 Å². The summed E-state index contributed by atoms with van der Waals surface area (Å²) in [5.41, 5.74) is -0.541. The van der Waals surface area contributed by atoms with Crippen molar-refractivity contribution in [2.45, 2.75) is 38.1 Å². The third-order valence-electron chi connectivity index (χ3n) is 4.13. The molecule has 5 nitrogen and oxygen atoms in total. The van der Waals surface area contributed by atoms with Gasteiger partial charge in [0, 0.05) is 24.4 Å². The number of carboxylic acids is 1. The highest BCUT2D eigenvalue weighted by atomic mass is 19.1. The fourth-order valence-corrected chi connectivity index (χ4v) is 2.81. The number of halogens is 2. The lowest BCUT2D eigenvalue weighted by molar-refractivity contribution is -0.139. The molecule has 26 heavy (non-hydrogen) atoms. The van der Waals surface area contributed by atoms with Crippen molar-refractivity contribution in [1.82, 2.24) is 10.3 Å². The smallest absolute Gasteiger partial charge is 0.306 e. The van der Waals surface area contributed by atoms with E-state index in [2.05, 4.69) is 10.3 Å². The Labute approximate surface area is 150 Å². The zero-order valence-corrected chi connectivity index (χ0v) is 14.3. The highest BCUT2D eigenvalue weighted by molar-refractivity contribution is 5.78. The molecule has 0 aliphatic rings. The lowest BCUT2D eigenvalue weighted by atomic mass is 9.89. The lowest BCUT2D eigenvalue weighted by Crippen LogP contribution is -2.45. The van der Waals surface area contributed by atoms with Gasteiger partial charge in [0.1, 0.15) is 11.6 Å². The van der Waals surface area contributed by atoms with Gasteiger partial charge in [-0.3, -0.25) is 14.6 Å². The number of amides is 1. The van der Waals surface area contributed by atoms with Crippen LogP contribution in [0.4, 0.5) is 8.78 Å². The van der Waals surface area contributed by atoms with E-state index < -0.39 is 23.1 Å².